The quantitative estimate of drug-likeness (QED) is 0.834. The highest BCUT2D eigenvalue weighted by Gasteiger charge is 2.37. The van der Waals surface area contributed by atoms with Crippen LogP contribution in [0.1, 0.15) is 46.5 Å². The first-order valence-electron chi connectivity index (χ1n) is 7.81. The van der Waals surface area contributed by atoms with Gasteiger partial charge in [-0.15, -0.1) is 0 Å². The number of hydrogen-bond acceptors (Lipinski definition) is 4. The molecule has 0 aromatic carbocycles. The van der Waals surface area contributed by atoms with Gasteiger partial charge in [-0.25, -0.2) is 4.79 Å². The lowest BCUT2D eigenvalue weighted by Crippen LogP contribution is -2.54. The minimum Gasteiger partial charge on any atom is -0.444 e. The molecule has 2 aliphatic rings. The molecule has 0 aliphatic carbocycles. The van der Waals surface area contributed by atoms with E-state index in [1.165, 1.54) is 0 Å². The van der Waals surface area contributed by atoms with E-state index in [1.54, 1.807) is 4.90 Å². The summed E-state index contributed by atoms with van der Waals surface area (Å²) in [5.74, 6) is -0.248. The van der Waals surface area contributed by atoms with E-state index in [9.17, 15) is 9.59 Å². The molecule has 0 spiro atoms. The molecule has 0 aromatic rings. The SMILES string of the molecule is CC(C)(C)OC(=O)N1CCC[C@H](N2CCC[C@H]2C(N)=O)C1. The summed E-state index contributed by atoms with van der Waals surface area (Å²) in [6.45, 7) is 7.85. The number of likely N-dealkylation sites (tertiary alicyclic amines) is 2. The van der Waals surface area contributed by atoms with E-state index in [0.717, 1.165) is 38.8 Å². The number of ether oxygens (including phenoxy) is 1. The molecule has 0 aromatic heterocycles. The normalized spacial score (nSPS) is 27.7. The van der Waals surface area contributed by atoms with Crippen molar-refractivity contribution < 1.29 is 14.3 Å². The van der Waals surface area contributed by atoms with E-state index >= 15 is 0 Å². The Bertz CT molecular complexity index is 405. The second kappa shape index (κ2) is 6.22. The average Bonchev–Trinajstić information content (AvgIpc) is 2.86. The minimum absolute atomic E-state index is 0.173. The summed E-state index contributed by atoms with van der Waals surface area (Å²) in [6.07, 6.45) is 3.51. The number of primary amides is 1. The number of nitrogens with two attached hydrogens (primary N) is 1. The second-order valence-corrected chi connectivity index (χ2v) is 7.02. The van der Waals surface area contributed by atoms with Crippen LogP contribution in [-0.2, 0) is 9.53 Å². The molecular weight excluding hydrogens is 270 g/mol. The van der Waals surface area contributed by atoms with Crippen molar-refractivity contribution in [3.8, 4) is 0 Å². The summed E-state index contributed by atoms with van der Waals surface area (Å²) >= 11 is 0. The molecule has 6 nitrogen and oxygen atoms in total. The van der Waals surface area contributed by atoms with Gasteiger partial charge in [-0.3, -0.25) is 9.69 Å². The maximum atomic E-state index is 12.2. The average molecular weight is 297 g/mol. The van der Waals surface area contributed by atoms with Crippen LogP contribution >= 0.6 is 0 Å². The zero-order chi connectivity index (χ0) is 15.6. The van der Waals surface area contributed by atoms with Crippen LogP contribution in [0.15, 0.2) is 0 Å². The van der Waals surface area contributed by atoms with Gasteiger partial charge in [0.25, 0.3) is 0 Å². The van der Waals surface area contributed by atoms with Crippen LogP contribution in [0.4, 0.5) is 4.79 Å². The van der Waals surface area contributed by atoms with Crippen LogP contribution in [0.3, 0.4) is 0 Å². The number of rotatable bonds is 2. The smallest absolute Gasteiger partial charge is 0.410 e. The molecule has 2 amide bonds. The van der Waals surface area contributed by atoms with Crippen LogP contribution in [0.2, 0.25) is 0 Å². The second-order valence-electron chi connectivity index (χ2n) is 7.02. The third-order valence-electron chi connectivity index (χ3n) is 4.14. The number of nitrogens with zero attached hydrogens (tertiary/aromatic N) is 2. The van der Waals surface area contributed by atoms with E-state index < -0.39 is 5.60 Å². The van der Waals surface area contributed by atoms with Crippen molar-refractivity contribution >= 4 is 12.0 Å². The molecule has 0 bridgehead atoms. The van der Waals surface area contributed by atoms with Crippen molar-refractivity contribution in [1.29, 1.82) is 0 Å². The van der Waals surface area contributed by atoms with Crippen LogP contribution in [0.5, 0.6) is 0 Å². The molecule has 2 atom stereocenters. The van der Waals surface area contributed by atoms with Crippen LogP contribution < -0.4 is 5.73 Å². The van der Waals surface area contributed by atoms with E-state index in [0.29, 0.717) is 6.54 Å². The van der Waals surface area contributed by atoms with Crippen molar-refractivity contribution in [2.75, 3.05) is 19.6 Å². The monoisotopic (exact) mass is 297 g/mol. The number of amides is 2. The molecule has 120 valence electrons. The van der Waals surface area contributed by atoms with Gasteiger partial charge in [0.05, 0.1) is 6.04 Å². The zero-order valence-electron chi connectivity index (χ0n) is 13.3. The highest BCUT2D eigenvalue weighted by molar-refractivity contribution is 5.80. The van der Waals surface area contributed by atoms with Gasteiger partial charge in [0.1, 0.15) is 5.60 Å². The Morgan fingerprint density at radius 2 is 1.81 bits per heavy atom. The Kier molecular flexibility index (Phi) is 4.76. The van der Waals surface area contributed by atoms with Gasteiger partial charge in [0.2, 0.25) is 5.91 Å². The summed E-state index contributed by atoms with van der Waals surface area (Å²) < 4.78 is 5.44. The Hall–Kier alpha value is -1.30. The van der Waals surface area contributed by atoms with Crippen LogP contribution in [0.25, 0.3) is 0 Å². The fourth-order valence-corrected chi connectivity index (χ4v) is 3.25. The molecule has 0 saturated carbocycles. The maximum Gasteiger partial charge on any atom is 0.410 e. The van der Waals surface area contributed by atoms with Gasteiger partial charge >= 0.3 is 6.09 Å². The number of carbonyl (C=O) groups is 2. The molecule has 21 heavy (non-hydrogen) atoms. The first-order valence-corrected chi connectivity index (χ1v) is 7.81. The number of piperidine rings is 1. The van der Waals surface area contributed by atoms with Gasteiger partial charge < -0.3 is 15.4 Å². The van der Waals surface area contributed by atoms with Crippen molar-refractivity contribution in [1.82, 2.24) is 9.80 Å². The highest BCUT2D eigenvalue weighted by Crippen LogP contribution is 2.26. The molecule has 2 aliphatic heterocycles. The summed E-state index contributed by atoms with van der Waals surface area (Å²) in [5.41, 5.74) is 5.01. The van der Waals surface area contributed by atoms with E-state index in [1.807, 2.05) is 20.8 Å². The molecule has 2 rings (SSSR count). The third-order valence-corrected chi connectivity index (χ3v) is 4.14. The van der Waals surface area contributed by atoms with Gasteiger partial charge in [-0.2, -0.15) is 0 Å². The predicted octanol–water partition coefficient (Wildman–Crippen LogP) is 1.34. The van der Waals surface area contributed by atoms with Crippen LogP contribution in [0, 0.1) is 0 Å². The zero-order valence-corrected chi connectivity index (χ0v) is 13.3. The first-order chi connectivity index (χ1) is 9.78. The summed E-state index contributed by atoms with van der Waals surface area (Å²) in [4.78, 5) is 27.7. The van der Waals surface area contributed by atoms with E-state index in [2.05, 4.69) is 4.90 Å². The van der Waals surface area contributed by atoms with E-state index in [-0.39, 0.29) is 24.1 Å². The van der Waals surface area contributed by atoms with Crippen molar-refractivity contribution in [3.63, 3.8) is 0 Å². The van der Waals surface area contributed by atoms with Gasteiger partial charge in [-0.1, -0.05) is 0 Å². The fraction of sp³-hybridized carbons (Fsp3) is 0.867. The molecular formula is C15H27N3O3. The van der Waals surface area contributed by atoms with Crippen molar-refractivity contribution in [2.45, 2.75) is 64.1 Å². The molecule has 0 radical (unpaired) electrons. The Labute approximate surface area is 126 Å². The Morgan fingerprint density at radius 1 is 1.14 bits per heavy atom. The molecule has 2 N–H and O–H groups in total. The largest absolute Gasteiger partial charge is 0.444 e. The predicted molar refractivity (Wildman–Crippen MR) is 79.8 cm³/mol. The first kappa shape index (κ1) is 16.1. The standard InChI is InChI=1S/C15H27N3O3/c1-15(2,3)21-14(20)17-8-4-6-11(10-17)18-9-5-7-12(18)13(16)19/h11-12H,4-10H2,1-3H3,(H2,16,19)/t11-,12-/m0/s1. The Balaban J connectivity index is 1.97. The van der Waals surface area contributed by atoms with Gasteiger partial charge in [0.15, 0.2) is 0 Å². The van der Waals surface area contributed by atoms with Crippen molar-refractivity contribution in [2.24, 2.45) is 5.73 Å². The molecule has 2 heterocycles. The van der Waals surface area contributed by atoms with Crippen molar-refractivity contribution in [3.05, 3.63) is 0 Å². The summed E-state index contributed by atoms with van der Waals surface area (Å²) in [7, 11) is 0. The molecule has 2 saturated heterocycles. The number of hydrogen-bond donors (Lipinski definition) is 1. The summed E-state index contributed by atoms with van der Waals surface area (Å²) in [6, 6.07) is 0.0415. The topological polar surface area (TPSA) is 75.9 Å². The number of carbonyl (C=O) groups excluding carboxylic acids is 2. The third kappa shape index (κ3) is 4.09. The van der Waals surface area contributed by atoms with Gasteiger partial charge in [-0.05, 0) is 53.0 Å². The lowest BCUT2D eigenvalue weighted by atomic mass is 10.0. The lowest BCUT2D eigenvalue weighted by Gasteiger charge is -2.39. The molecule has 6 heteroatoms. The Morgan fingerprint density at radius 3 is 2.43 bits per heavy atom. The maximum absolute atomic E-state index is 12.2. The molecule has 0 unspecified atom stereocenters. The van der Waals surface area contributed by atoms with Crippen LogP contribution in [-0.4, -0.2) is 59.1 Å². The molecule has 2 fully saturated rings. The van der Waals surface area contributed by atoms with Gasteiger partial charge in [0, 0.05) is 19.1 Å². The lowest BCUT2D eigenvalue weighted by molar-refractivity contribution is -0.123. The van der Waals surface area contributed by atoms with E-state index in [4.69, 9.17) is 10.5 Å². The highest BCUT2D eigenvalue weighted by atomic mass is 16.6. The fourth-order valence-electron chi connectivity index (χ4n) is 3.25. The minimum atomic E-state index is -0.479. The summed E-state index contributed by atoms with van der Waals surface area (Å²) in [5, 5.41) is 0.